The Morgan fingerprint density at radius 2 is 2.13 bits per heavy atom. The molecule has 1 fully saturated rings. The van der Waals surface area contributed by atoms with E-state index in [-0.39, 0.29) is 16.2 Å². The molecule has 0 bridgehead atoms. The van der Waals surface area contributed by atoms with Crippen molar-refractivity contribution in [1.29, 1.82) is 0 Å². The number of nitrogens with zero attached hydrogens (tertiary/aromatic N) is 2. The third-order valence-corrected chi connectivity index (χ3v) is 5.80. The summed E-state index contributed by atoms with van der Waals surface area (Å²) in [6.07, 6.45) is 3.16. The van der Waals surface area contributed by atoms with Gasteiger partial charge in [0.15, 0.2) is 10.4 Å². The summed E-state index contributed by atoms with van der Waals surface area (Å²) < 4.78 is 33.5. The van der Waals surface area contributed by atoms with E-state index < -0.39 is 16.0 Å². The fraction of sp³-hybridized carbons (Fsp3) is 0.688. The van der Waals surface area contributed by atoms with E-state index in [1.54, 1.807) is 18.3 Å². The number of pyridine rings is 1. The quantitative estimate of drug-likeness (QED) is 0.790. The summed E-state index contributed by atoms with van der Waals surface area (Å²) in [5.41, 5.74) is -0.244. The first-order chi connectivity index (χ1) is 10.7. The summed E-state index contributed by atoms with van der Waals surface area (Å²) in [6, 6.07) is 3.16. The van der Waals surface area contributed by atoms with Crippen molar-refractivity contribution in [1.82, 2.24) is 14.6 Å². The molecule has 1 N–H and O–H groups in total. The molecule has 1 unspecified atom stereocenters. The lowest BCUT2D eigenvalue weighted by Crippen LogP contribution is -2.54. The van der Waals surface area contributed by atoms with Gasteiger partial charge in [0, 0.05) is 44.7 Å². The Labute approximate surface area is 139 Å². The molecule has 1 aromatic heterocycles. The van der Waals surface area contributed by atoms with Crippen LogP contribution in [0.5, 0.6) is 5.88 Å². The first kappa shape index (κ1) is 16.8. The molecule has 0 radical (unpaired) electrons. The molecule has 0 amide bonds. The van der Waals surface area contributed by atoms with Crippen LogP contribution in [0.25, 0.3) is 0 Å². The van der Waals surface area contributed by atoms with Crippen LogP contribution in [-0.2, 0) is 14.6 Å². The number of sulfonamides is 1. The van der Waals surface area contributed by atoms with Crippen LogP contribution < -0.4 is 9.46 Å². The van der Waals surface area contributed by atoms with Crippen molar-refractivity contribution in [2.75, 3.05) is 26.2 Å². The molecule has 3 heterocycles. The normalized spacial score (nSPS) is 28.0. The molecular formula is C16H25N3O3S. The smallest absolute Gasteiger partial charge is 0.272 e. The number of hydrogen-bond acceptors (Lipinski definition) is 5. The fourth-order valence-electron chi connectivity index (χ4n) is 3.27. The van der Waals surface area contributed by atoms with Crippen molar-refractivity contribution in [3.05, 3.63) is 18.3 Å². The molecule has 6 nitrogen and oxygen atoms in total. The molecule has 0 aromatic carbocycles. The highest BCUT2D eigenvalue weighted by Crippen LogP contribution is 2.35. The predicted octanol–water partition coefficient (Wildman–Crippen LogP) is 1.85. The van der Waals surface area contributed by atoms with Crippen molar-refractivity contribution < 1.29 is 13.5 Å². The molecule has 128 valence electrons. The van der Waals surface area contributed by atoms with Crippen molar-refractivity contribution in [2.45, 2.75) is 44.1 Å². The maximum absolute atomic E-state index is 12.3. The Hall–Kier alpha value is -1.02. The van der Waals surface area contributed by atoms with Gasteiger partial charge in [0.25, 0.3) is 5.88 Å². The van der Waals surface area contributed by atoms with Gasteiger partial charge in [-0.25, -0.2) is 4.98 Å². The van der Waals surface area contributed by atoms with Gasteiger partial charge in [-0.15, -0.1) is 4.72 Å². The lowest BCUT2D eigenvalue weighted by molar-refractivity contribution is -0.00503. The van der Waals surface area contributed by atoms with Crippen molar-refractivity contribution >= 4 is 10.4 Å². The molecule has 7 heteroatoms. The molecule has 2 aliphatic rings. The molecule has 3 rings (SSSR count). The fourth-order valence-corrected chi connectivity index (χ4v) is 4.46. The average Bonchev–Trinajstić information content (AvgIpc) is 2.57. The standard InChI is InChI=1S/C16H25N3O3S/c1-15(2,3)12-19-9-6-16(7-10-19)11-18-23(20,21)13-5-4-8-17-14(13)22-16/h4-5,8H,6-7,9-12H2,1-3H3,(H-,18,20,21). The largest absolute Gasteiger partial charge is 0.593 e. The van der Waals surface area contributed by atoms with Crippen molar-refractivity contribution in [2.24, 2.45) is 5.41 Å². The highest BCUT2D eigenvalue weighted by molar-refractivity contribution is 7.95. The van der Waals surface area contributed by atoms with Crippen LogP contribution in [0.15, 0.2) is 23.2 Å². The Bertz CT molecular complexity index is 621. The topological polar surface area (TPSA) is 77.5 Å². The van der Waals surface area contributed by atoms with Gasteiger partial charge in [0.2, 0.25) is 4.90 Å². The maximum Gasteiger partial charge on any atom is 0.272 e. The van der Waals surface area contributed by atoms with Gasteiger partial charge >= 0.3 is 0 Å². The van der Waals surface area contributed by atoms with Gasteiger partial charge in [-0.3, -0.25) is 0 Å². The summed E-state index contributed by atoms with van der Waals surface area (Å²) in [5, 5.41) is 0. The van der Waals surface area contributed by atoms with Crippen LogP contribution in [-0.4, -0.2) is 46.2 Å². The Kier molecular flexibility index (Phi) is 4.25. The zero-order chi connectivity index (χ0) is 16.7. The van der Waals surface area contributed by atoms with Crippen LogP contribution in [0.2, 0.25) is 0 Å². The van der Waals surface area contributed by atoms with Gasteiger partial charge < -0.3 is 14.2 Å². The number of ether oxygens (including phenoxy) is 1. The minimum atomic E-state index is -3.55. The second-order valence-corrected chi connectivity index (χ2v) is 9.49. The van der Waals surface area contributed by atoms with Crippen molar-refractivity contribution in [3.8, 4) is 5.88 Å². The lowest BCUT2D eigenvalue weighted by Gasteiger charge is -2.42. The Balaban J connectivity index is 1.77. The molecule has 0 aliphatic carbocycles. The molecule has 1 atom stereocenters. The van der Waals surface area contributed by atoms with Crippen LogP contribution in [0, 0.1) is 5.41 Å². The van der Waals surface area contributed by atoms with E-state index in [4.69, 9.17) is 4.74 Å². The number of likely N-dealkylation sites (tertiary alicyclic amines) is 1. The Morgan fingerprint density at radius 3 is 2.78 bits per heavy atom. The minimum absolute atomic E-state index is 0.133. The first-order valence-electron chi connectivity index (χ1n) is 8.05. The second-order valence-electron chi connectivity index (χ2n) is 7.75. The summed E-state index contributed by atoms with van der Waals surface area (Å²) in [4.78, 5) is 6.71. The summed E-state index contributed by atoms with van der Waals surface area (Å²) in [5.74, 6) is 0.224. The predicted molar refractivity (Wildman–Crippen MR) is 87.8 cm³/mol. The van der Waals surface area contributed by atoms with E-state index in [0.29, 0.717) is 6.54 Å². The number of piperidine rings is 1. The van der Waals surface area contributed by atoms with Gasteiger partial charge in [-0.2, -0.15) is 0 Å². The number of hydrogen-bond donors (Lipinski definition) is 1. The van der Waals surface area contributed by atoms with E-state index in [1.807, 2.05) is 0 Å². The SMILES string of the molecule is CC(C)(C)CN1CCC2(CC1)CN[S+](=O)([O-])c1cccnc1O2. The van der Waals surface area contributed by atoms with E-state index in [2.05, 4.69) is 35.4 Å². The van der Waals surface area contributed by atoms with E-state index >= 15 is 0 Å². The molecule has 1 spiro atoms. The number of fused-ring (bicyclic) bond motifs is 1. The molecular weight excluding hydrogens is 314 g/mol. The molecule has 1 aromatic rings. The van der Waals surface area contributed by atoms with Crippen molar-refractivity contribution in [3.63, 3.8) is 0 Å². The number of aromatic nitrogens is 1. The first-order valence-corrected chi connectivity index (χ1v) is 9.54. The molecule has 0 saturated carbocycles. The number of nitrogens with one attached hydrogen (secondary N) is 1. The third kappa shape index (κ3) is 3.74. The zero-order valence-electron chi connectivity index (χ0n) is 14.0. The van der Waals surface area contributed by atoms with Crippen LogP contribution in [0.4, 0.5) is 0 Å². The summed E-state index contributed by atoms with van der Waals surface area (Å²) in [7, 11) is -3.55. The Morgan fingerprint density at radius 1 is 1.43 bits per heavy atom. The van der Waals surface area contributed by atoms with Crippen LogP contribution in [0.1, 0.15) is 33.6 Å². The average molecular weight is 339 g/mol. The van der Waals surface area contributed by atoms with Gasteiger partial charge in [-0.1, -0.05) is 25.0 Å². The van der Waals surface area contributed by atoms with Crippen LogP contribution in [0.3, 0.4) is 0 Å². The van der Waals surface area contributed by atoms with Gasteiger partial charge in [0.1, 0.15) is 5.60 Å². The van der Waals surface area contributed by atoms with Gasteiger partial charge in [0.05, 0.1) is 6.54 Å². The lowest BCUT2D eigenvalue weighted by atomic mass is 9.88. The molecule has 2 aliphatic heterocycles. The van der Waals surface area contributed by atoms with Gasteiger partial charge in [-0.05, 0) is 11.5 Å². The van der Waals surface area contributed by atoms with E-state index in [0.717, 1.165) is 32.5 Å². The zero-order valence-corrected chi connectivity index (χ0v) is 14.8. The summed E-state index contributed by atoms with van der Waals surface area (Å²) in [6.45, 7) is 9.83. The van der Waals surface area contributed by atoms with E-state index in [9.17, 15) is 8.76 Å². The number of rotatable bonds is 1. The highest BCUT2D eigenvalue weighted by Gasteiger charge is 2.44. The minimum Gasteiger partial charge on any atom is -0.593 e. The van der Waals surface area contributed by atoms with E-state index in [1.165, 1.54) is 0 Å². The third-order valence-electron chi connectivity index (χ3n) is 4.39. The molecule has 1 saturated heterocycles. The highest BCUT2D eigenvalue weighted by atomic mass is 32.3. The monoisotopic (exact) mass is 339 g/mol. The molecule has 23 heavy (non-hydrogen) atoms. The second kappa shape index (κ2) is 5.81. The summed E-state index contributed by atoms with van der Waals surface area (Å²) >= 11 is 0. The maximum atomic E-state index is 12.3. The van der Waals surface area contributed by atoms with Crippen LogP contribution >= 0.6 is 0 Å².